The third-order valence-electron chi connectivity index (χ3n) is 2.73. The topological polar surface area (TPSA) is 94.9 Å². The maximum absolute atomic E-state index is 11.7. The van der Waals surface area contributed by atoms with E-state index in [9.17, 15) is 19.0 Å². The van der Waals surface area contributed by atoms with Gasteiger partial charge in [-0.05, 0) is 12.8 Å². The van der Waals surface area contributed by atoms with E-state index < -0.39 is 31.4 Å². The summed E-state index contributed by atoms with van der Waals surface area (Å²) in [5.74, 6) is -1.58. The van der Waals surface area contributed by atoms with Crippen LogP contribution in [0.15, 0.2) is 0 Å². The minimum absolute atomic E-state index is 0.0321. The number of carbonyl (C=O) groups is 2. The highest BCUT2D eigenvalue weighted by atomic mass is 31.2. The first-order valence-electron chi connectivity index (χ1n) is 5.20. The Kier molecular flexibility index (Phi) is 4.10. The molecule has 0 aromatic rings. The molecular formula is C9H16NO5P. The van der Waals surface area contributed by atoms with Gasteiger partial charge in [0.15, 0.2) is 0 Å². The minimum atomic E-state index is -3.42. The van der Waals surface area contributed by atoms with Crippen LogP contribution in [0.25, 0.3) is 0 Å². The zero-order valence-electron chi connectivity index (χ0n) is 9.13. The van der Waals surface area contributed by atoms with Crippen molar-refractivity contribution in [2.24, 2.45) is 0 Å². The lowest BCUT2D eigenvalue weighted by Gasteiger charge is -2.22. The number of hydrogen-bond acceptors (Lipinski definition) is 3. The molecule has 0 saturated carbocycles. The predicted molar refractivity (Wildman–Crippen MR) is 57.6 cm³/mol. The highest BCUT2D eigenvalue weighted by Gasteiger charge is 2.36. The fourth-order valence-electron chi connectivity index (χ4n) is 1.74. The van der Waals surface area contributed by atoms with Crippen molar-refractivity contribution in [2.75, 3.05) is 18.9 Å². The standard InChI is InChI=1S/C9H16NO5P/c1-2-16(14,15)6-8(11)10-5-3-4-7(10)9(12)13/h7H,2-6H2,1H3,(H,12,13)(H,14,15)/t7-/m0/s1. The van der Waals surface area contributed by atoms with E-state index in [1.54, 1.807) is 0 Å². The van der Waals surface area contributed by atoms with E-state index in [-0.39, 0.29) is 6.16 Å². The molecule has 1 unspecified atom stereocenters. The number of aliphatic carboxylic acids is 1. The van der Waals surface area contributed by atoms with Crippen molar-refractivity contribution in [3.8, 4) is 0 Å². The fourth-order valence-corrected chi connectivity index (χ4v) is 2.56. The molecule has 0 bridgehead atoms. The van der Waals surface area contributed by atoms with Crippen LogP contribution >= 0.6 is 7.37 Å². The maximum Gasteiger partial charge on any atom is 0.326 e. The SMILES string of the molecule is CCP(=O)(O)CC(=O)N1CCC[C@H]1C(=O)O. The lowest BCUT2D eigenvalue weighted by Crippen LogP contribution is -2.41. The molecule has 6 nitrogen and oxygen atoms in total. The molecule has 92 valence electrons. The number of nitrogens with zero attached hydrogens (tertiary/aromatic N) is 1. The quantitative estimate of drug-likeness (QED) is 0.701. The molecule has 0 aromatic heterocycles. The van der Waals surface area contributed by atoms with Gasteiger partial charge in [0.25, 0.3) is 0 Å². The molecule has 1 amide bonds. The number of carboxylic acid groups (broad SMARTS) is 1. The van der Waals surface area contributed by atoms with Crippen LogP contribution in [0.3, 0.4) is 0 Å². The Morgan fingerprint density at radius 2 is 2.12 bits per heavy atom. The highest BCUT2D eigenvalue weighted by molar-refractivity contribution is 7.58. The van der Waals surface area contributed by atoms with Crippen LogP contribution in [0, 0.1) is 0 Å². The van der Waals surface area contributed by atoms with Crippen LogP contribution < -0.4 is 0 Å². The zero-order chi connectivity index (χ0) is 12.3. The molecule has 1 saturated heterocycles. The van der Waals surface area contributed by atoms with Crippen molar-refractivity contribution < 1.29 is 24.2 Å². The van der Waals surface area contributed by atoms with E-state index in [1.165, 1.54) is 11.8 Å². The van der Waals surface area contributed by atoms with Crippen LogP contribution in [0.5, 0.6) is 0 Å². The fraction of sp³-hybridized carbons (Fsp3) is 0.778. The van der Waals surface area contributed by atoms with Gasteiger partial charge in [0.05, 0.1) is 0 Å². The normalized spacial score (nSPS) is 24.1. The van der Waals surface area contributed by atoms with Crippen molar-refractivity contribution in [3.63, 3.8) is 0 Å². The summed E-state index contributed by atoms with van der Waals surface area (Å²) in [5.41, 5.74) is 0. The first-order valence-corrected chi connectivity index (χ1v) is 7.23. The molecule has 1 aliphatic heterocycles. The van der Waals surface area contributed by atoms with Gasteiger partial charge < -0.3 is 14.9 Å². The number of likely N-dealkylation sites (tertiary alicyclic amines) is 1. The summed E-state index contributed by atoms with van der Waals surface area (Å²) in [6, 6.07) is -0.829. The van der Waals surface area contributed by atoms with Crippen LogP contribution in [0.4, 0.5) is 0 Å². The van der Waals surface area contributed by atoms with Gasteiger partial charge in [-0.2, -0.15) is 0 Å². The Morgan fingerprint density at radius 3 is 2.62 bits per heavy atom. The van der Waals surface area contributed by atoms with Gasteiger partial charge in [0.1, 0.15) is 12.2 Å². The Bertz CT molecular complexity index is 343. The largest absolute Gasteiger partial charge is 0.480 e. The summed E-state index contributed by atoms with van der Waals surface area (Å²) in [6.07, 6.45) is 0.630. The predicted octanol–water partition coefficient (Wildman–Crippen LogP) is 0.352. The second-order valence-electron chi connectivity index (χ2n) is 3.90. The summed E-state index contributed by atoms with van der Waals surface area (Å²) >= 11 is 0. The Balaban J connectivity index is 2.67. The molecule has 16 heavy (non-hydrogen) atoms. The molecule has 0 radical (unpaired) electrons. The van der Waals surface area contributed by atoms with Crippen molar-refractivity contribution >= 4 is 19.2 Å². The van der Waals surface area contributed by atoms with E-state index in [1.807, 2.05) is 0 Å². The molecule has 2 atom stereocenters. The van der Waals surface area contributed by atoms with E-state index in [2.05, 4.69) is 0 Å². The third kappa shape index (κ3) is 3.06. The highest BCUT2D eigenvalue weighted by Crippen LogP contribution is 2.40. The first kappa shape index (κ1) is 13.2. The zero-order valence-corrected chi connectivity index (χ0v) is 10.0. The van der Waals surface area contributed by atoms with Crippen LogP contribution in [-0.4, -0.2) is 51.7 Å². The molecule has 1 fully saturated rings. The maximum atomic E-state index is 11.7. The lowest BCUT2D eigenvalue weighted by atomic mass is 10.2. The van der Waals surface area contributed by atoms with E-state index >= 15 is 0 Å². The van der Waals surface area contributed by atoms with Crippen LogP contribution in [-0.2, 0) is 14.2 Å². The molecule has 2 N–H and O–H groups in total. The molecule has 0 spiro atoms. The van der Waals surface area contributed by atoms with Crippen molar-refractivity contribution in [3.05, 3.63) is 0 Å². The monoisotopic (exact) mass is 249 g/mol. The number of carboxylic acids is 1. The Morgan fingerprint density at radius 1 is 1.50 bits per heavy atom. The van der Waals surface area contributed by atoms with Gasteiger partial charge >= 0.3 is 5.97 Å². The second kappa shape index (κ2) is 4.97. The molecular weight excluding hydrogens is 233 g/mol. The summed E-state index contributed by atoms with van der Waals surface area (Å²) in [7, 11) is -3.42. The first-order chi connectivity index (χ1) is 7.37. The Labute approximate surface area is 93.7 Å². The van der Waals surface area contributed by atoms with Crippen LogP contribution in [0.2, 0.25) is 0 Å². The van der Waals surface area contributed by atoms with Gasteiger partial charge in [-0.25, -0.2) is 4.79 Å². The van der Waals surface area contributed by atoms with Gasteiger partial charge in [-0.15, -0.1) is 0 Å². The average Bonchev–Trinajstić information content (AvgIpc) is 2.65. The lowest BCUT2D eigenvalue weighted by molar-refractivity contribution is -0.147. The minimum Gasteiger partial charge on any atom is -0.480 e. The number of rotatable bonds is 4. The van der Waals surface area contributed by atoms with Crippen molar-refractivity contribution in [1.29, 1.82) is 0 Å². The van der Waals surface area contributed by atoms with Crippen LogP contribution in [0.1, 0.15) is 19.8 Å². The third-order valence-corrected chi connectivity index (χ3v) is 4.49. The van der Waals surface area contributed by atoms with Gasteiger partial charge in [0.2, 0.25) is 13.3 Å². The summed E-state index contributed by atoms with van der Waals surface area (Å²) in [5, 5.41) is 8.86. The van der Waals surface area contributed by atoms with E-state index in [0.29, 0.717) is 19.4 Å². The smallest absolute Gasteiger partial charge is 0.326 e. The molecule has 0 aromatic carbocycles. The molecule has 0 aliphatic carbocycles. The molecule has 7 heteroatoms. The average molecular weight is 249 g/mol. The van der Waals surface area contributed by atoms with Gasteiger partial charge in [0, 0.05) is 12.7 Å². The molecule has 1 rings (SSSR count). The van der Waals surface area contributed by atoms with E-state index in [4.69, 9.17) is 5.11 Å². The number of hydrogen-bond donors (Lipinski definition) is 2. The summed E-state index contributed by atoms with van der Waals surface area (Å²) < 4.78 is 11.4. The van der Waals surface area contributed by atoms with E-state index in [0.717, 1.165) is 0 Å². The molecule has 1 heterocycles. The van der Waals surface area contributed by atoms with Crippen molar-refractivity contribution in [1.82, 2.24) is 4.90 Å². The van der Waals surface area contributed by atoms with Gasteiger partial charge in [-0.3, -0.25) is 9.36 Å². The Hall–Kier alpha value is -0.870. The number of amides is 1. The van der Waals surface area contributed by atoms with Crippen molar-refractivity contribution in [2.45, 2.75) is 25.8 Å². The molecule has 1 aliphatic rings. The summed E-state index contributed by atoms with van der Waals surface area (Å²) in [6.45, 7) is 1.90. The summed E-state index contributed by atoms with van der Waals surface area (Å²) in [4.78, 5) is 33.0. The van der Waals surface area contributed by atoms with Gasteiger partial charge in [-0.1, -0.05) is 6.92 Å². The second-order valence-corrected chi connectivity index (χ2v) is 6.55. The number of carbonyl (C=O) groups excluding carboxylic acids is 1.